The molecule has 0 fully saturated rings. The quantitative estimate of drug-likeness (QED) is 0.800. The highest BCUT2D eigenvalue weighted by Crippen LogP contribution is 2.27. The minimum absolute atomic E-state index is 0.321. The molecule has 22 heavy (non-hydrogen) atoms. The molecule has 2 aromatic rings. The number of nitrogens with one attached hydrogen (secondary N) is 2. The SMILES string of the molecule is COc1ccc(NC(=O)NCCOc2ccccc2)cc1Cl. The molecule has 2 amide bonds. The van der Waals surface area contributed by atoms with Crippen LogP contribution < -0.4 is 20.1 Å². The van der Waals surface area contributed by atoms with Crippen molar-refractivity contribution < 1.29 is 14.3 Å². The average Bonchev–Trinajstić information content (AvgIpc) is 2.53. The van der Waals surface area contributed by atoms with Gasteiger partial charge in [0.15, 0.2) is 0 Å². The van der Waals surface area contributed by atoms with E-state index in [-0.39, 0.29) is 6.03 Å². The van der Waals surface area contributed by atoms with Crippen LogP contribution in [-0.4, -0.2) is 26.3 Å². The van der Waals surface area contributed by atoms with Crippen LogP contribution in [0.2, 0.25) is 5.02 Å². The summed E-state index contributed by atoms with van der Waals surface area (Å²) >= 11 is 5.99. The van der Waals surface area contributed by atoms with Gasteiger partial charge in [-0.25, -0.2) is 4.79 Å². The molecule has 0 unspecified atom stereocenters. The lowest BCUT2D eigenvalue weighted by Crippen LogP contribution is -2.32. The largest absolute Gasteiger partial charge is 0.495 e. The molecular weight excluding hydrogens is 304 g/mol. The number of hydrogen-bond acceptors (Lipinski definition) is 3. The Bertz CT molecular complexity index is 620. The van der Waals surface area contributed by atoms with Crippen molar-refractivity contribution in [3.63, 3.8) is 0 Å². The first-order chi connectivity index (χ1) is 10.7. The predicted molar refractivity (Wildman–Crippen MR) is 87.0 cm³/mol. The molecule has 0 saturated heterocycles. The summed E-state index contributed by atoms with van der Waals surface area (Å²) in [4.78, 5) is 11.7. The van der Waals surface area contributed by atoms with E-state index in [4.69, 9.17) is 21.1 Å². The maximum atomic E-state index is 11.7. The summed E-state index contributed by atoms with van der Waals surface area (Å²) in [6, 6.07) is 14.1. The number of halogens is 1. The van der Waals surface area contributed by atoms with Crippen LogP contribution in [0.5, 0.6) is 11.5 Å². The van der Waals surface area contributed by atoms with Gasteiger partial charge >= 0.3 is 6.03 Å². The Hall–Kier alpha value is -2.40. The van der Waals surface area contributed by atoms with Gasteiger partial charge in [0.05, 0.1) is 18.7 Å². The normalized spacial score (nSPS) is 9.91. The van der Waals surface area contributed by atoms with Crippen LogP contribution in [0.15, 0.2) is 48.5 Å². The standard InChI is InChI=1S/C16H17ClN2O3/c1-21-15-8-7-12(11-14(15)17)19-16(20)18-9-10-22-13-5-3-2-4-6-13/h2-8,11H,9-10H2,1H3,(H2,18,19,20). The van der Waals surface area contributed by atoms with Gasteiger partial charge in [0.25, 0.3) is 0 Å². The summed E-state index contributed by atoms with van der Waals surface area (Å²) < 4.78 is 10.5. The van der Waals surface area contributed by atoms with Crippen molar-refractivity contribution in [1.29, 1.82) is 0 Å². The number of methoxy groups -OCH3 is 1. The van der Waals surface area contributed by atoms with E-state index in [0.29, 0.717) is 29.6 Å². The van der Waals surface area contributed by atoms with Crippen molar-refractivity contribution in [2.24, 2.45) is 0 Å². The second kappa shape index (κ2) is 8.14. The van der Waals surface area contributed by atoms with Crippen LogP contribution in [0.3, 0.4) is 0 Å². The van der Waals surface area contributed by atoms with E-state index in [1.807, 2.05) is 30.3 Å². The molecule has 2 aromatic carbocycles. The molecule has 6 heteroatoms. The zero-order chi connectivity index (χ0) is 15.8. The zero-order valence-corrected chi connectivity index (χ0v) is 12.9. The van der Waals surface area contributed by atoms with Crippen LogP contribution >= 0.6 is 11.6 Å². The number of ether oxygens (including phenoxy) is 2. The smallest absolute Gasteiger partial charge is 0.319 e. The van der Waals surface area contributed by atoms with Crippen molar-refractivity contribution in [3.8, 4) is 11.5 Å². The molecule has 0 heterocycles. The number of hydrogen-bond donors (Lipinski definition) is 2. The van der Waals surface area contributed by atoms with Crippen molar-refractivity contribution in [2.45, 2.75) is 0 Å². The highest BCUT2D eigenvalue weighted by molar-refractivity contribution is 6.32. The molecule has 116 valence electrons. The third-order valence-corrected chi connectivity index (χ3v) is 3.10. The monoisotopic (exact) mass is 320 g/mol. The molecule has 0 aliphatic heterocycles. The van der Waals surface area contributed by atoms with E-state index in [9.17, 15) is 4.79 Å². The van der Waals surface area contributed by atoms with E-state index >= 15 is 0 Å². The van der Waals surface area contributed by atoms with Crippen molar-refractivity contribution in [2.75, 3.05) is 25.6 Å². The minimum atomic E-state index is -0.321. The number of urea groups is 1. The molecule has 0 bridgehead atoms. The van der Waals surface area contributed by atoms with Gasteiger partial charge in [-0.2, -0.15) is 0 Å². The first-order valence-electron chi connectivity index (χ1n) is 6.75. The fourth-order valence-electron chi connectivity index (χ4n) is 1.77. The molecule has 0 spiro atoms. The number of rotatable bonds is 6. The summed E-state index contributed by atoms with van der Waals surface area (Å²) in [5.41, 5.74) is 0.590. The molecular formula is C16H17ClN2O3. The van der Waals surface area contributed by atoms with Gasteiger partial charge in [-0.05, 0) is 30.3 Å². The molecule has 0 atom stereocenters. The number of anilines is 1. The summed E-state index contributed by atoms with van der Waals surface area (Å²) in [5, 5.41) is 5.82. The maximum absolute atomic E-state index is 11.7. The third kappa shape index (κ3) is 4.86. The number of amides is 2. The Morgan fingerprint density at radius 3 is 2.64 bits per heavy atom. The van der Waals surface area contributed by atoms with E-state index < -0.39 is 0 Å². The van der Waals surface area contributed by atoms with Gasteiger partial charge in [0.2, 0.25) is 0 Å². The number of carbonyl (C=O) groups is 1. The van der Waals surface area contributed by atoms with Crippen LogP contribution in [0.25, 0.3) is 0 Å². The Morgan fingerprint density at radius 1 is 1.18 bits per heavy atom. The predicted octanol–water partition coefficient (Wildman–Crippen LogP) is 3.55. The molecule has 5 nitrogen and oxygen atoms in total. The van der Waals surface area contributed by atoms with Gasteiger partial charge in [-0.3, -0.25) is 0 Å². The van der Waals surface area contributed by atoms with Gasteiger partial charge in [-0.1, -0.05) is 29.8 Å². The van der Waals surface area contributed by atoms with E-state index in [1.165, 1.54) is 7.11 Å². The Kier molecular flexibility index (Phi) is 5.91. The molecule has 2 N–H and O–H groups in total. The van der Waals surface area contributed by atoms with E-state index in [2.05, 4.69) is 10.6 Å². The van der Waals surface area contributed by atoms with Gasteiger partial charge in [0, 0.05) is 5.69 Å². The Balaban J connectivity index is 1.73. The second-order valence-corrected chi connectivity index (χ2v) is 4.80. The summed E-state index contributed by atoms with van der Waals surface area (Å²) in [5.74, 6) is 1.33. The topological polar surface area (TPSA) is 59.6 Å². The van der Waals surface area contributed by atoms with Gasteiger partial charge in [-0.15, -0.1) is 0 Å². The summed E-state index contributed by atoms with van der Waals surface area (Å²) in [6.45, 7) is 0.783. The van der Waals surface area contributed by atoms with E-state index in [1.54, 1.807) is 18.2 Å². The lowest BCUT2D eigenvalue weighted by molar-refractivity contribution is 0.247. The fraction of sp³-hybridized carbons (Fsp3) is 0.188. The van der Waals surface area contributed by atoms with Crippen molar-refractivity contribution >= 4 is 23.3 Å². The highest BCUT2D eigenvalue weighted by atomic mass is 35.5. The van der Waals surface area contributed by atoms with E-state index in [0.717, 1.165) is 5.75 Å². The summed E-state index contributed by atoms with van der Waals surface area (Å²) in [6.07, 6.45) is 0. The van der Waals surface area contributed by atoms with Crippen LogP contribution in [-0.2, 0) is 0 Å². The second-order valence-electron chi connectivity index (χ2n) is 4.39. The van der Waals surface area contributed by atoms with Gasteiger partial charge in [0.1, 0.15) is 18.1 Å². The number of benzene rings is 2. The number of para-hydroxylation sites is 1. The van der Waals surface area contributed by atoms with Crippen molar-refractivity contribution in [1.82, 2.24) is 5.32 Å². The number of carbonyl (C=O) groups excluding carboxylic acids is 1. The van der Waals surface area contributed by atoms with Crippen molar-refractivity contribution in [3.05, 3.63) is 53.6 Å². The van der Waals surface area contributed by atoms with Gasteiger partial charge < -0.3 is 20.1 Å². The fourth-order valence-corrected chi connectivity index (χ4v) is 2.03. The first-order valence-corrected chi connectivity index (χ1v) is 7.13. The third-order valence-electron chi connectivity index (χ3n) is 2.81. The van der Waals surface area contributed by atoms with Crippen LogP contribution in [0.1, 0.15) is 0 Å². The molecule has 0 aliphatic rings. The lowest BCUT2D eigenvalue weighted by Gasteiger charge is -2.10. The molecule has 0 aromatic heterocycles. The Labute approximate surface area is 134 Å². The molecule has 0 saturated carbocycles. The average molecular weight is 321 g/mol. The Morgan fingerprint density at radius 2 is 1.95 bits per heavy atom. The maximum Gasteiger partial charge on any atom is 0.319 e. The first kappa shape index (κ1) is 16.0. The molecule has 2 rings (SSSR count). The highest BCUT2D eigenvalue weighted by Gasteiger charge is 2.05. The van der Waals surface area contributed by atoms with Crippen LogP contribution in [0.4, 0.5) is 10.5 Å². The lowest BCUT2D eigenvalue weighted by atomic mass is 10.3. The molecule has 0 aliphatic carbocycles. The molecule has 0 radical (unpaired) electrons. The van der Waals surface area contributed by atoms with Crippen LogP contribution in [0, 0.1) is 0 Å². The zero-order valence-electron chi connectivity index (χ0n) is 12.1. The summed E-state index contributed by atoms with van der Waals surface area (Å²) in [7, 11) is 1.54. The minimum Gasteiger partial charge on any atom is -0.495 e.